The van der Waals surface area contributed by atoms with Crippen molar-refractivity contribution in [1.82, 2.24) is 5.32 Å². The van der Waals surface area contributed by atoms with Crippen LogP contribution in [0.15, 0.2) is 0 Å². The Hall–Kier alpha value is -0.720. The van der Waals surface area contributed by atoms with E-state index in [0.29, 0.717) is 0 Å². The van der Waals surface area contributed by atoms with Gasteiger partial charge >= 0.3 is 11.9 Å². The first-order valence-electron chi connectivity index (χ1n) is 3.47. The van der Waals surface area contributed by atoms with Crippen molar-refractivity contribution in [3.05, 3.63) is 0 Å². The molecule has 0 bridgehead atoms. The SMILES string of the molecule is O=C(O)CC(NC(=O)C(Cl)(Cl)Cl)C(=O)O. The molecule has 0 spiro atoms. The van der Waals surface area contributed by atoms with E-state index in [9.17, 15) is 14.4 Å². The topological polar surface area (TPSA) is 104 Å². The van der Waals surface area contributed by atoms with Crippen LogP contribution in [0.1, 0.15) is 6.42 Å². The Morgan fingerprint density at radius 3 is 1.93 bits per heavy atom. The maximum absolute atomic E-state index is 11.0. The number of carboxylic acids is 2. The fourth-order valence-corrected chi connectivity index (χ4v) is 0.778. The van der Waals surface area contributed by atoms with Gasteiger partial charge < -0.3 is 15.5 Å². The molecule has 1 amide bonds. The second kappa shape index (κ2) is 5.39. The van der Waals surface area contributed by atoms with Crippen LogP contribution in [0.4, 0.5) is 0 Å². The largest absolute Gasteiger partial charge is 0.481 e. The average molecular weight is 278 g/mol. The maximum atomic E-state index is 11.0. The predicted octanol–water partition coefficient (Wildman–Crippen LogP) is 0.401. The molecule has 0 aliphatic heterocycles. The van der Waals surface area contributed by atoms with E-state index in [1.54, 1.807) is 5.32 Å². The lowest BCUT2D eigenvalue weighted by molar-refractivity contribution is -0.147. The number of aliphatic carboxylic acids is 2. The van der Waals surface area contributed by atoms with Crippen molar-refractivity contribution >= 4 is 52.6 Å². The first-order valence-corrected chi connectivity index (χ1v) is 4.60. The third-order valence-corrected chi connectivity index (χ3v) is 1.75. The van der Waals surface area contributed by atoms with Crippen molar-refractivity contribution in [1.29, 1.82) is 0 Å². The zero-order valence-corrected chi connectivity index (χ0v) is 9.31. The quantitative estimate of drug-likeness (QED) is 0.646. The van der Waals surface area contributed by atoms with Gasteiger partial charge in [0.15, 0.2) is 0 Å². The molecule has 0 rings (SSSR count). The summed E-state index contributed by atoms with van der Waals surface area (Å²) in [5.74, 6) is -4.12. The van der Waals surface area contributed by atoms with Crippen molar-refractivity contribution < 1.29 is 24.6 Å². The normalized spacial score (nSPS) is 13.0. The number of carbonyl (C=O) groups is 3. The predicted molar refractivity (Wildman–Crippen MR) is 52.1 cm³/mol. The zero-order chi connectivity index (χ0) is 12.2. The Balaban J connectivity index is 4.50. The fourth-order valence-electron chi connectivity index (χ4n) is 0.615. The van der Waals surface area contributed by atoms with Crippen LogP contribution < -0.4 is 5.32 Å². The van der Waals surface area contributed by atoms with Gasteiger partial charge in [-0.2, -0.15) is 0 Å². The molecule has 1 atom stereocenters. The number of carboxylic acid groups (broad SMARTS) is 2. The highest BCUT2D eigenvalue weighted by atomic mass is 35.6. The average Bonchev–Trinajstić information content (AvgIpc) is 1.99. The molecule has 0 aromatic rings. The van der Waals surface area contributed by atoms with E-state index in [4.69, 9.17) is 45.0 Å². The van der Waals surface area contributed by atoms with Gasteiger partial charge in [0.2, 0.25) is 0 Å². The van der Waals surface area contributed by atoms with Gasteiger partial charge in [-0.3, -0.25) is 9.59 Å². The lowest BCUT2D eigenvalue weighted by Crippen LogP contribution is -2.46. The van der Waals surface area contributed by atoms with Gasteiger partial charge in [-0.15, -0.1) is 0 Å². The standard InChI is InChI=1S/C6H6Cl3NO5/c7-6(8,9)5(15)10-2(4(13)14)1-3(11)12/h2H,1H2,(H,10,15)(H,11,12)(H,13,14). The van der Waals surface area contributed by atoms with Crippen molar-refractivity contribution in [3.63, 3.8) is 0 Å². The summed E-state index contributed by atoms with van der Waals surface area (Å²) in [7, 11) is 0. The molecule has 15 heavy (non-hydrogen) atoms. The molecule has 1 unspecified atom stereocenters. The Labute approximate surface area is 99.1 Å². The summed E-state index contributed by atoms with van der Waals surface area (Å²) < 4.78 is -2.33. The third-order valence-electron chi connectivity index (χ3n) is 1.24. The van der Waals surface area contributed by atoms with Crippen LogP contribution in [-0.2, 0) is 14.4 Å². The Morgan fingerprint density at radius 1 is 1.20 bits per heavy atom. The van der Waals surface area contributed by atoms with Crippen LogP contribution in [-0.4, -0.2) is 37.9 Å². The molecular weight excluding hydrogens is 272 g/mol. The Bertz CT molecular complexity index is 287. The number of halogens is 3. The van der Waals surface area contributed by atoms with E-state index in [1.807, 2.05) is 0 Å². The van der Waals surface area contributed by atoms with Gasteiger partial charge in [0.05, 0.1) is 6.42 Å². The van der Waals surface area contributed by atoms with Crippen LogP contribution >= 0.6 is 34.8 Å². The molecule has 9 heteroatoms. The minimum absolute atomic E-state index is 0.804. The molecule has 0 aliphatic carbocycles. The molecule has 3 N–H and O–H groups in total. The van der Waals surface area contributed by atoms with Gasteiger partial charge in [-0.1, -0.05) is 34.8 Å². The molecule has 86 valence electrons. The molecule has 0 saturated carbocycles. The van der Waals surface area contributed by atoms with E-state index >= 15 is 0 Å². The van der Waals surface area contributed by atoms with E-state index in [1.165, 1.54) is 0 Å². The summed E-state index contributed by atoms with van der Waals surface area (Å²) in [6, 6.07) is -1.63. The van der Waals surface area contributed by atoms with Crippen molar-refractivity contribution in [2.24, 2.45) is 0 Å². The molecule has 6 nitrogen and oxygen atoms in total. The van der Waals surface area contributed by atoms with E-state index < -0.39 is 34.1 Å². The molecule has 0 radical (unpaired) electrons. The van der Waals surface area contributed by atoms with Gasteiger partial charge in [-0.05, 0) is 0 Å². The summed E-state index contributed by atoms with van der Waals surface area (Å²) >= 11 is 15.4. The summed E-state index contributed by atoms with van der Waals surface area (Å²) in [4.78, 5) is 31.7. The molecule has 0 heterocycles. The van der Waals surface area contributed by atoms with Gasteiger partial charge in [-0.25, -0.2) is 4.79 Å². The number of hydrogen-bond donors (Lipinski definition) is 3. The van der Waals surface area contributed by atoms with Crippen molar-refractivity contribution in [3.8, 4) is 0 Å². The molecule has 0 saturated heterocycles. The van der Waals surface area contributed by atoms with Crippen molar-refractivity contribution in [2.75, 3.05) is 0 Å². The summed E-state index contributed by atoms with van der Waals surface area (Å²) in [6.45, 7) is 0. The van der Waals surface area contributed by atoms with Crippen LogP contribution in [0.5, 0.6) is 0 Å². The smallest absolute Gasteiger partial charge is 0.326 e. The minimum atomic E-state index is -2.33. The monoisotopic (exact) mass is 277 g/mol. The first-order chi connectivity index (χ1) is 6.64. The minimum Gasteiger partial charge on any atom is -0.481 e. The van der Waals surface area contributed by atoms with E-state index in [0.717, 1.165) is 0 Å². The zero-order valence-electron chi connectivity index (χ0n) is 7.04. The Morgan fingerprint density at radius 2 is 1.67 bits per heavy atom. The van der Waals surface area contributed by atoms with Gasteiger partial charge in [0.1, 0.15) is 6.04 Å². The number of hydrogen-bond acceptors (Lipinski definition) is 3. The lowest BCUT2D eigenvalue weighted by atomic mass is 10.2. The fraction of sp³-hybridized carbons (Fsp3) is 0.500. The van der Waals surface area contributed by atoms with Crippen LogP contribution in [0, 0.1) is 0 Å². The highest BCUT2D eigenvalue weighted by Crippen LogP contribution is 2.26. The summed E-state index contributed by atoms with van der Waals surface area (Å²) in [6.07, 6.45) is -0.804. The summed E-state index contributed by atoms with van der Waals surface area (Å²) in [5, 5.41) is 18.6. The Kier molecular flexibility index (Phi) is 5.13. The second-order valence-corrected chi connectivity index (χ2v) is 4.74. The number of alkyl halides is 3. The number of amides is 1. The third kappa shape index (κ3) is 5.66. The van der Waals surface area contributed by atoms with Crippen LogP contribution in [0.3, 0.4) is 0 Å². The van der Waals surface area contributed by atoms with Crippen LogP contribution in [0.2, 0.25) is 0 Å². The van der Waals surface area contributed by atoms with E-state index in [2.05, 4.69) is 0 Å². The number of carbonyl (C=O) groups excluding carboxylic acids is 1. The molecule has 0 aliphatic rings. The maximum Gasteiger partial charge on any atom is 0.326 e. The van der Waals surface area contributed by atoms with E-state index in [-0.39, 0.29) is 0 Å². The first kappa shape index (κ1) is 14.3. The number of rotatable bonds is 4. The van der Waals surface area contributed by atoms with Crippen molar-refractivity contribution in [2.45, 2.75) is 16.3 Å². The molecule has 0 aromatic heterocycles. The van der Waals surface area contributed by atoms with Gasteiger partial charge in [0, 0.05) is 0 Å². The second-order valence-electron chi connectivity index (χ2n) is 2.46. The number of nitrogens with one attached hydrogen (secondary N) is 1. The molecule has 0 fully saturated rings. The van der Waals surface area contributed by atoms with Gasteiger partial charge in [0.25, 0.3) is 9.70 Å². The lowest BCUT2D eigenvalue weighted by Gasteiger charge is -2.16. The summed E-state index contributed by atoms with van der Waals surface area (Å²) in [5.41, 5.74) is 0. The van der Waals surface area contributed by atoms with Crippen LogP contribution in [0.25, 0.3) is 0 Å². The highest BCUT2D eigenvalue weighted by molar-refractivity contribution is 6.76. The molecular formula is C6H6Cl3NO5. The highest BCUT2D eigenvalue weighted by Gasteiger charge is 2.34. The molecule has 0 aromatic carbocycles.